The molecule has 0 aliphatic heterocycles. The van der Waals surface area contributed by atoms with Crippen LogP contribution < -0.4 is 4.50 Å². The lowest BCUT2D eigenvalue weighted by Gasteiger charge is -2.26. The fraction of sp³-hybridized carbons (Fsp3) is 0.214. The normalized spacial score (nSPS) is 12.7. The van der Waals surface area contributed by atoms with Crippen LogP contribution in [-0.4, -0.2) is 8.07 Å². The minimum absolute atomic E-state index is 1.34. The molecule has 0 bridgehead atoms. The number of benzene rings is 4. The highest BCUT2D eigenvalue weighted by Gasteiger charge is 2.31. The van der Waals surface area contributed by atoms with Crippen LogP contribution >= 0.6 is 22.7 Å². The molecule has 0 atom stereocenters. The maximum Gasteiger partial charge on any atom is 0.0987 e. The maximum absolute atomic E-state index is 2.54. The summed E-state index contributed by atoms with van der Waals surface area (Å²) in [5.41, 5.74) is 0. The summed E-state index contributed by atoms with van der Waals surface area (Å²) in [4.78, 5) is 0. The van der Waals surface area contributed by atoms with E-state index in [2.05, 4.69) is 98.2 Å². The lowest BCUT2D eigenvalue weighted by molar-refractivity contribution is 1.20. The highest BCUT2D eigenvalue weighted by molar-refractivity contribution is 7.31. The van der Waals surface area contributed by atoms with E-state index in [1.165, 1.54) is 70.6 Å². The molecule has 31 heavy (non-hydrogen) atoms. The minimum Gasteiger partial charge on any atom is -0.145 e. The number of fused-ring (bicyclic) bond motifs is 7. The van der Waals surface area contributed by atoms with Gasteiger partial charge in [0.15, 0.2) is 0 Å². The molecule has 4 aromatic carbocycles. The molecule has 3 heteroatoms. The molecule has 2 heterocycles. The molecule has 0 unspecified atom stereocenters. The molecular weight excluding hydrogens is 429 g/mol. The molecule has 0 aliphatic carbocycles. The molecule has 0 amide bonds. The average Bonchev–Trinajstić information content (AvgIpc) is 3.43. The van der Waals surface area contributed by atoms with Crippen molar-refractivity contribution < 1.29 is 0 Å². The molecule has 0 spiro atoms. The summed E-state index contributed by atoms with van der Waals surface area (Å²) in [6.45, 7) is 7.22. The van der Waals surface area contributed by atoms with Crippen LogP contribution in [0.1, 0.15) is 20.8 Å². The van der Waals surface area contributed by atoms with Crippen LogP contribution in [0, 0.1) is 0 Å². The summed E-state index contributed by atoms with van der Waals surface area (Å²) >= 11 is 3.89. The van der Waals surface area contributed by atoms with Crippen molar-refractivity contribution in [2.24, 2.45) is 0 Å². The quantitative estimate of drug-likeness (QED) is 0.184. The van der Waals surface area contributed by atoms with Crippen LogP contribution in [0.5, 0.6) is 0 Å². The number of thiophene rings is 2. The van der Waals surface area contributed by atoms with Crippen LogP contribution in [0.4, 0.5) is 0 Å². The van der Waals surface area contributed by atoms with Gasteiger partial charge in [0.05, 0.1) is 8.07 Å². The van der Waals surface area contributed by atoms with Gasteiger partial charge < -0.3 is 0 Å². The Hall–Kier alpha value is -2.20. The topological polar surface area (TPSA) is 0 Å². The first-order valence-corrected chi connectivity index (χ1v) is 15.7. The Morgan fingerprint density at radius 1 is 0.581 bits per heavy atom. The molecule has 6 rings (SSSR count). The Kier molecular flexibility index (Phi) is 4.50. The van der Waals surface area contributed by atoms with Gasteiger partial charge >= 0.3 is 0 Å². The van der Waals surface area contributed by atoms with Gasteiger partial charge in [-0.25, -0.2) is 0 Å². The van der Waals surface area contributed by atoms with Gasteiger partial charge in [-0.05, 0) is 89.4 Å². The van der Waals surface area contributed by atoms with E-state index in [4.69, 9.17) is 0 Å². The first kappa shape index (κ1) is 19.5. The van der Waals surface area contributed by atoms with Crippen molar-refractivity contribution in [3.63, 3.8) is 0 Å². The predicted octanol–water partition coefficient (Wildman–Crippen LogP) is 9.29. The second-order valence-electron chi connectivity index (χ2n) is 8.82. The highest BCUT2D eigenvalue weighted by atomic mass is 32.1. The van der Waals surface area contributed by atoms with Gasteiger partial charge in [0.25, 0.3) is 0 Å². The largest absolute Gasteiger partial charge is 0.145 e. The van der Waals surface area contributed by atoms with E-state index in [1.54, 1.807) is 4.50 Å². The Balaban J connectivity index is 1.64. The first-order valence-electron chi connectivity index (χ1n) is 11.4. The van der Waals surface area contributed by atoms with E-state index in [0.717, 1.165) is 0 Å². The van der Waals surface area contributed by atoms with Crippen LogP contribution in [0.3, 0.4) is 0 Å². The molecule has 0 fully saturated rings. The van der Waals surface area contributed by atoms with Crippen LogP contribution in [-0.2, 0) is 0 Å². The summed E-state index contributed by atoms with van der Waals surface area (Å²) in [5.74, 6) is 0. The van der Waals surface area contributed by atoms with Crippen LogP contribution in [0.25, 0.3) is 52.5 Å². The van der Waals surface area contributed by atoms with Crippen molar-refractivity contribution in [2.45, 2.75) is 38.9 Å². The van der Waals surface area contributed by atoms with Crippen molar-refractivity contribution in [1.82, 2.24) is 0 Å². The molecule has 0 saturated heterocycles. The standard InChI is InChI=1S/C28H26S2Si/c1-4-31(5-2,6-3)28-17-21-14-25-19(16-27(21)30-28)8-10-22-23(25)9-7-18-15-26-20(11-12-29-26)13-24(18)22/h7-17H,4-6H2,1-3H3. The van der Waals surface area contributed by atoms with Crippen LogP contribution in [0.2, 0.25) is 18.1 Å². The zero-order valence-electron chi connectivity index (χ0n) is 18.3. The molecular formula is C28H26S2Si. The van der Waals surface area contributed by atoms with Crippen molar-refractivity contribution >= 4 is 87.7 Å². The highest BCUT2D eigenvalue weighted by Crippen LogP contribution is 2.37. The minimum atomic E-state index is -1.34. The lowest BCUT2D eigenvalue weighted by atomic mass is 9.96. The zero-order valence-corrected chi connectivity index (χ0v) is 20.9. The molecule has 6 aromatic rings. The fourth-order valence-corrected chi connectivity index (χ4v) is 12.6. The molecule has 154 valence electrons. The number of hydrogen-bond acceptors (Lipinski definition) is 2. The van der Waals surface area contributed by atoms with Gasteiger partial charge in [0, 0.05) is 9.40 Å². The number of rotatable bonds is 4. The molecule has 0 aliphatic rings. The third-order valence-electron chi connectivity index (χ3n) is 7.60. The third-order valence-corrected chi connectivity index (χ3v) is 16.2. The van der Waals surface area contributed by atoms with Gasteiger partial charge in [-0.15, -0.1) is 22.7 Å². The smallest absolute Gasteiger partial charge is 0.0987 e. The van der Waals surface area contributed by atoms with Crippen molar-refractivity contribution in [3.8, 4) is 0 Å². The zero-order chi connectivity index (χ0) is 21.2. The summed E-state index contributed by atoms with van der Waals surface area (Å²) < 4.78 is 4.52. The predicted molar refractivity (Wildman–Crippen MR) is 147 cm³/mol. The second kappa shape index (κ2) is 7.16. The lowest BCUT2D eigenvalue weighted by Crippen LogP contribution is -2.43. The van der Waals surface area contributed by atoms with Gasteiger partial charge in [-0.2, -0.15) is 0 Å². The maximum atomic E-state index is 2.54. The average molecular weight is 455 g/mol. The molecule has 0 nitrogen and oxygen atoms in total. The van der Waals surface area contributed by atoms with Crippen LogP contribution in [0.15, 0.2) is 66.0 Å². The van der Waals surface area contributed by atoms with Crippen molar-refractivity contribution in [3.05, 3.63) is 66.0 Å². The summed E-state index contributed by atoms with van der Waals surface area (Å²) in [7, 11) is -1.34. The summed E-state index contributed by atoms with van der Waals surface area (Å²) in [5, 5.41) is 13.2. The van der Waals surface area contributed by atoms with Gasteiger partial charge in [0.1, 0.15) is 0 Å². The van der Waals surface area contributed by atoms with E-state index in [0.29, 0.717) is 0 Å². The third kappa shape index (κ3) is 2.83. The van der Waals surface area contributed by atoms with Crippen molar-refractivity contribution in [1.29, 1.82) is 0 Å². The molecule has 0 N–H and O–H groups in total. The van der Waals surface area contributed by atoms with Crippen molar-refractivity contribution in [2.75, 3.05) is 0 Å². The second-order valence-corrected chi connectivity index (χ2v) is 16.4. The number of hydrogen-bond donors (Lipinski definition) is 0. The van der Waals surface area contributed by atoms with Gasteiger partial charge in [0.2, 0.25) is 0 Å². The Labute approximate surface area is 192 Å². The van der Waals surface area contributed by atoms with E-state index in [-0.39, 0.29) is 0 Å². The molecule has 0 saturated carbocycles. The van der Waals surface area contributed by atoms with E-state index < -0.39 is 8.07 Å². The summed E-state index contributed by atoms with van der Waals surface area (Å²) in [6, 6.07) is 27.7. The molecule has 0 radical (unpaired) electrons. The van der Waals surface area contributed by atoms with Gasteiger partial charge in [-0.1, -0.05) is 63.2 Å². The van der Waals surface area contributed by atoms with E-state index >= 15 is 0 Å². The SMILES string of the molecule is CC[Si](CC)(CC)c1cc2cc3c(ccc4c5cc6ccsc6cc5ccc34)cc2s1. The van der Waals surface area contributed by atoms with Gasteiger partial charge in [-0.3, -0.25) is 0 Å². The first-order chi connectivity index (χ1) is 15.2. The summed E-state index contributed by atoms with van der Waals surface area (Å²) in [6.07, 6.45) is 0. The van der Waals surface area contributed by atoms with E-state index in [1.807, 2.05) is 11.3 Å². The Morgan fingerprint density at radius 2 is 1.19 bits per heavy atom. The fourth-order valence-electron chi connectivity index (χ4n) is 5.40. The Bertz CT molecular complexity index is 1590. The Morgan fingerprint density at radius 3 is 1.84 bits per heavy atom. The monoisotopic (exact) mass is 454 g/mol. The van der Waals surface area contributed by atoms with E-state index in [9.17, 15) is 0 Å². The molecule has 2 aromatic heterocycles.